The second-order valence-corrected chi connectivity index (χ2v) is 7.00. The van der Waals surface area contributed by atoms with Gasteiger partial charge in [0.05, 0.1) is 11.8 Å². The van der Waals surface area contributed by atoms with Crippen molar-refractivity contribution in [1.82, 2.24) is 4.90 Å². The molecular weight excluding hydrogens is 288 g/mol. The van der Waals surface area contributed by atoms with Gasteiger partial charge in [0.15, 0.2) is 0 Å². The second-order valence-electron chi connectivity index (χ2n) is 7.00. The van der Waals surface area contributed by atoms with Crippen LogP contribution >= 0.6 is 0 Å². The molecule has 1 heterocycles. The molecule has 0 spiro atoms. The van der Waals surface area contributed by atoms with Gasteiger partial charge in [-0.1, -0.05) is 30.5 Å². The van der Waals surface area contributed by atoms with Crippen molar-refractivity contribution in [1.29, 1.82) is 0 Å². The minimum atomic E-state index is -0.147. The Morgan fingerprint density at radius 1 is 1.04 bits per heavy atom. The summed E-state index contributed by atoms with van der Waals surface area (Å²) in [6.45, 7) is 5.76. The number of carbonyl (C=O) groups is 2. The normalized spacial score (nSPS) is 24.0. The number of hydrogen-bond acceptors (Lipinski definition) is 2. The molecule has 1 aromatic rings. The van der Waals surface area contributed by atoms with E-state index in [9.17, 15) is 9.59 Å². The Hall–Kier alpha value is -1.84. The fraction of sp³-hybridized carbons (Fsp3) is 0.579. The molecule has 2 aliphatic rings. The van der Waals surface area contributed by atoms with Crippen LogP contribution in [0.1, 0.15) is 43.2 Å². The van der Waals surface area contributed by atoms with E-state index < -0.39 is 0 Å². The second kappa shape index (κ2) is 6.73. The first-order valence-electron chi connectivity index (χ1n) is 8.73. The van der Waals surface area contributed by atoms with Crippen molar-refractivity contribution < 1.29 is 9.59 Å². The van der Waals surface area contributed by atoms with Crippen molar-refractivity contribution in [2.75, 3.05) is 18.4 Å². The fourth-order valence-electron chi connectivity index (χ4n) is 3.46. The molecule has 2 fully saturated rings. The number of aryl methyl sites for hydroxylation is 2. The van der Waals surface area contributed by atoms with Crippen molar-refractivity contribution in [2.45, 2.75) is 46.0 Å². The SMILES string of the molecule is Cc1ccc(NC(=O)C2CC2C(=O)N2CCCCCC2)c(C)c1. The van der Waals surface area contributed by atoms with Gasteiger partial charge in [-0.3, -0.25) is 9.59 Å². The maximum atomic E-state index is 12.5. The highest BCUT2D eigenvalue weighted by Crippen LogP contribution is 2.41. The number of benzene rings is 1. The average Bonchev–Trinajstić information content (AvgIpc) is 3.33. The summed E-state index contributed by atoms with van der Waals surface area (Å²) in [5.41, 5.74) is 3.10. The first kappa shape index (κ1) is 16.0. The Kier molecular flexibility index (Phi) is 4.69. The van der Waals surface area contributed by atoms with E-state index >= 15 is 0 Å². The topological polar surface area (TPSA) is 49.4 Å². The smallest absolute Gasteiger partial charge is 0.228 e. The molecule has 124 valence electrons. The number of rotatable bonds is 3. The summed E-state index contributed by atoms with van der Waals surface area (Å²) in [7, 11) is 0. The number of nitrogens with zero attached hydrogens (tertiary/aromatic N) is 1. The molecule has 1 aromatic carbocycles. The van der Waals surface area contributed by atoms with Crippen LogP contribution in [0.15, 0.2) is 18.2 Å². The molecule has 2 atom stereocenters. The largest absolute Gasteiger partial charge is 0.342 e. The monoisotopic (exact) mass is 314 g/mol. The van der Waals surface area contributed by atoms with Crippen molar-refractivity contribution in [3.8, 4) is 0 Å². The van der Waals surface area contributed by atoms with Gasteiger partial charge in [0, 0.05) is 18.8 Å². The number of anilines is 1. The first-order chi connectivity index (χ1) is 11.1. The summed E-state index contributed by atoms with van der Waals surface area (Å²) in [6, 6.07) is 5.99. The number of nitrogens with one attached hydrogen (secondary N) is 1. The van der Waals surface area contributed by atoms with Crippen LogP contribution < -0.4 is 5.32 Å². The van der Waals surface area contributed by atoms with Crippen molar-refractivity contribution >= 4 is 17.5 Å². The maximum Gasteiger partial charge on any atom is 0.228 e. The highest BCUT2D eigenvalue weighted by Gasteiger charge is 2.49. The summed E-state index contributed by atoms with van der Waals surface area (Å²) < 4.78 is 0. The molecule has 4 heteroatoms. The van der Waals surface area contributed by atoms with E-state index in [2.05, 4.69) is 11.4 Å². The molecule has 1 aliphatic carbocycles. The lowest BCUT2D eigenvalue weighted by atomic mass is 10.1. The molecule has 3 rings (SSSR count). The highest BCUT2D eigenvalue weighted by atomic mass is 16.2. The van der Waals surface area contributed by atoms with E-state index in [0.717, 1.165) is 37.2 Å². The first-order valence-corrected chi connectivity index (χ1v) is 8.73. The molecule has 1 aliphatic heterocycles. The standard InChI is InChI=1S/C19H26N2O2/c1-13-7-8-17(14(2)11-13)20-18(22)15-12-16(15)19(23)21-9-5-3-4-6-10-21/h7-8,11,15-16H,3-6,9-10,12H2,1-2H3,(H,20,22). The zero-order valence-electron chi connectivity index (χ0n) is 14.1. The molecule has 1 saturated carbocycles. The third-order valence-corrected chi connectivity index (χ3v) is 5.00. The summed E-state index contributed by atoms with van der Waals surface area (Å²) in [6.07, 6.45) is 5.32. The van der Waals surface area contributed by atoms with Crippen LogP contribution in [0, 0.1) is 25.7 Å². The highest BCUT2D eigenvalue weighted by molar-refractivity contribution is 5.99. The third kappa shape index (κ3) is 3.74. The number of amides is 2. The van der Waals surface area contributed by atoms with E-state index in [0.29, 0.717) is 6.42 Å². The lowest BCUT2D eigenvalue weighted by Gasteiger charge is -2.20. The van der Waals surface area contributed by atoms with Gasteiger partial charge < -0.3 is 10.2 Å². The third-order valence-electron chi connectivity index (χ3n) is 5.00. The molecule has 2 unspecified atom stereocenters. The average molecular weight is 314 g/mol. The molecule has 23 heavy (non-hydrogen) atoms. The molecular formula is C19H26N2O2. The van der Waals surface area contributed by atoms with Gasteiger partial charge in [-0.15, -0.1) is 0 Å². The van der Waals surface area contributed by atoms with Crippen LogP contribution in [-0.2, 0) is 9.59 Å². The molecule has 0 aromatic heterocycles. The molecule has 1 N–H and O–H groups in total. The fourth-order valence-corrected chi connectivity index (χ4v) is 3.46. The van der Waals surface area contributed by atoms with Gasteiger partial charge in [-0.2, -0.15) is 0 Å². The van der Waals surface area contributed by atoms with Crippen LogP contribution in [-0.4, -0.2) is 29.8 Å². The maximum absolute atomic E-state index is 12.5. The van der Waals surface area contributed by atoms with E-state index in [1.165, 1.54) is 18.4 Å². The van der Waals surface area contributed by atoms with E-state index in [1.807, 2.05) is 30.9 Å². The Balaban J connectivity index is 1.56. The molecule has 4 nitrogen and oxygen atoms in total. The minimum absolute atomic E-state index is 0.00914. The molecule has 2 amide bonds. The Morgan fingerprint density at radius 2 is 1.74 bits per heavy atom. The van der Waals surface area contributed by atoms with Crippen molar-refractivity contribution in [2.24, 2.45) is 11.8 Å². The van der Waals surface area contributed by atoms with Crippen LogP contribution in [0.2, 0.25) is 0 Å². The van der Waals surface area contributed by atoms with Gasteiger partial charge in [-0.25, -0.2) is 0 Å². The van der Waals surface area contributed by atoms with Crippen LogP contribution in [0.3, 0.4) is 0 Å². The van der Waals surface area contributed by atoms with Crippen molar-refractivity contribution in [3.63, 3.8) is 0 Å². The predicted molar refractivity (Wildman–Crippen MR) is 91.2 cm³/mol. The summed E-state index contributed by atoms with van der Waals surface area (Å²) in [5, 5.41) is 2.99. The Morgan fingerprint density at radius 3 is 2.39 bits per heavy atom. The molecule has 0 radical (unpaired) electrons. The quantitative estimate of drug-likeness (QED) is 0.931. The number of hydrogen-bond donors (Lipinski definition) is 1. The van der Waals surface area contributed by atoms with Crippen LogP contribution in [0.25, 0.3) is 0 Å². The summed E-state index contributed by atoms with van der Waals surface area (Å²) in [5.74, 6) is -0.0666. The van der Waals surface area contributed by atoms with E-state index in [-0.39, 0.29) is 23.7 Å². The van der Waals surface area contributed by atoms with Gasteiger partial charge in [0.25, 0.3) is 0 Å². The zero-order valence-corrected chi connectivity index (χ0v) is 14.1. The van der Waals surface area contributed by atoms with Crippen molar-refractivity contribution in [3.05, 3.63) is 29.3 Å². The lowest BCUT2D eigenvalue weighted by Crippen LogP contribution is -2.34. The van der Waals surface area contributed by atoms with E-state index in [1.54, 1.807) is 0 Å². The zero-order chi connectivity index (χ0) is 16.4. The Labute approximate surface area is 138 Å². The molecule has 0 bridgehead atoms. The minimum Gasteiger partial charge on any atom is -0.342 e. The predicted octanol–water partition coefficient (Wildman–Crippen LogP) is 3.28. The van der Waals surface area contributed by atoms with Gasteiger partial charge in [0.2, 0.25) is 11.8 Å². The number of likely N-dealkylation sites (tertiary alicyclic amines) is 1. The van der Waals surface area contributed by atoms with Gasteiger partial charge in [0.1, 0.15) is 0 Å². The molecule has 1 saturated heterocycles. The van der Waals surface area contributed by atoms with Crippen LogP contribution in [0.5, 0.6) is 0 Å². The van der Waals surface area contributed by atoms with Crippen LogP contribution in [0.4, 0.5) is 5.69 Å². The Bertz CT molecular complexity index is 603. The van der Waals surface area contributed by atoms with E-state index in [4.69, 9.17) is 0 Å². The number of carbonyl (C=O) groups excluding carboxylic acids is 2. The lowest BCUT2D eigenvalue weighted by molar-refractivity contribution is -0.134. The van der Waals surface area contributed by atoms with Gasteiger partial charge in [-0.05, 0) is 44.7 Å². The summed E-state index contributed by atoms with van der Waals surface area (Å²) in [4.78, 5) is 26.9. The van der Waals surface area contributed by atoms with Gasteiger partial charge >= 0.3 is 0 Å². The summed E-state index contributed by atoms with van der Waals surface area (Å²) >= 11 is 0.